The number of phenols is 1. The second kappa shape index (κ2) is 5.00. The number of nitriles is 1. The summed E-state index contributed by atoms with van der Waals surface area (Å²) in [6, 6.07) is 16.8. The smallest absolute Gasteiger partial charge is 0.133 e. The van der Waals surface area contributed by atoms with E-state index in [1.807, 2.05) is 48.6 Å². The van der Waals surface area contributed by atoms with Crippen LogP contribution < -0.4 is 0 Å². The first-order valence-corrected chi connectivity index (χ1v) is 5.26. The average molecular weight is 221 g/mol. The van der Waals surface area contributed by atoms with E-state index in [1.54, 1.807) is 12.1 Å². The summed E-state index contributed by atoms with van der Waals surface area (Å²) in [5.74, 6) is 0.0164. The summed E-state index contributed by atoms with van der Waals surface area (Å²) in [7, 11) is 0. The molecule has 2 rings (SSSR count). The number of hydrogen-bond acceptors (Lipinski definition) is 2. The first kappa shape index (κ1) is 11.0. The lowest BCUT2D eigenvalue weighted by Gasteiger charge is -2.00. The summed E-state index contributed by atoms with van der Waals surface area (Å²) in [6.07, 6.45) is 3.74. The molecule has 1 N–H and O–H groups in total. The normalized spacial score (nSPS) is 10.3. The van der Waals surface area contributed by atoms with E-state index in [2.05, 4.69) is 0 Å². The number of nitrogens with zero attached hydrogens (tertiary/aromatic N) is 1. The third-order valence-electron chi connectivity index (χ3n) is 2.44. The highest BCUT2D eigenvalue weighted by Gasteiger charge is 2.03. The van der Waals surface area contributed by atoms with E-state index in [4.69, 9.17) is 5.26 Å². The molecule has 0 unspecified atom stereocenters. The van der Waals surface area contributed by atoms with Crippen LogP contribution in [0.15, 0.2) is 48.5 Å². The minimum Gasteiger partial charge on any atom is -0.507 e. The van der Waals surface area contributed by atoms with E-state index in [0.29, 0.717) is 5.56 Å². The van der Waals surface area contributed by atoms with Crippen molar-refractivity contribution in [2.45, 2.75) is 0 Å². The molecule has 0 aliphatic heterocycles. The van der Waals surface area contributed by atoms with Gasteiger partial charge in [0.25, 0.3) is 0 Å². The van der Waals surface area contributed by atoms with Gasteiger partial charge in [-0.1, -0.05) is 54.6 Å². The molecule has 2 aromatic carbocycles. The molecule has 0 fully saturated rings. The summed E-state index contributed by atoms with van der Waals surface area (Å²) in [5.41, 5.74) is 2.08. The van der Waals surface area contributed by atoms with Gasteiger partial charge in [0, 0.05) is 0 Å². The van der Waals surface area contributed by atoms with Gasteiger partial charge in [0.1, 0.15) is 17.4 Å². The number of phenolic OH excluding ortho intramolecular Hbond substituents is 1. The fourth-order valence-corrected chi connectivity index (χ4v) is 1.57. The highest BCUT2D eigenvalue weighted by molar-refractivity contribution is 5.74. The molecule has 17 heavy (non-hydrogen) atoms. The van der Waals surface area contributed by atoms with E-state index in [1.165, 1.54) is 6.07 Å². The molecule has 0 saturated heterocycles. The van der Waals surface area contributed by atoms with Gasteiger partial charge in [-0.15, -0.1) is 0 Å². The molecular weight excluding hydrogens is 210 g/mol. The minimum absolute atomic E-state index is 0.0164. The van der Waals surface area contributed by atoms with Gasteiger partial charge < -0.3 is 5.11 Å². The van der Waals surface area contributed by atoms with Gasteiger partial charge in [0.2, 0.25) is 0 Å². The molecule has 2 aromatic rings. The molecule has 0 aromatic heterocycles. The largest absolute Gasteiger partial charge is 0.507 e. The maximum Gasteiger partial charge on any atom is 0.133 e. The Bertz CT molecular complexity index is 580. The van der Waals surface area contributed by atoms with Crippen molar-refractivity contribution in [3.63, 3.8) is 0 Å². The molecule has 0 saturated carbocycles. The second-order valence-corrected chi connectivity index (χ2v) is 3.60. The molecule has 0 radical (unpaired) electrons. The molecule has 0 aliphatic carbocycles. The van der Waals surface area contributed by atoms with Gasteiger partial charge in [-0.3, -0.25) is 0 Å². The maximum atomic E-state index is 9.53. The van der Waals surface area contributed by atoms with Crippen LogP contribution in [-0.2, 0) is 0 Å². The van der Waals surface area contributed by atoms with Gasteiger partial charge >= 0.3 is 0 Å². The lowest BCUT2D eigenvalue weighted by molar-refractivity contribution is 0.473. The monoisotopic (exact) mass is 221 g/mol. The Balaban J connectivity index is 2.35. The van der Waals surface area contributed by atoms with Crippen LogP contribution >= 0.6 is 0 Å². The summed E-state index contributed by atoms with van der Waals surface area (Å²) in [5, 5.41) is 18.5. The predicted octanol–water partition coefficient (Wildman–Crippen LogP) is 3.43. The van der Waals surface area contributed by atoms with Crippen molar-refractivity contribution in [3.05, 3.63) is 65.2 Å². The maximum absolute atomic E-state index is 9.53. The number of benzene rings is 2. The van der Waals surface area contributed by atoms with Crippen molar-refractivity contribution >= 4 is 12.2 Å². The van der Waals surface area contributed by atoms with E-state index < -0.39 is 0 Å². The van der Waals surface area contributed by atoms with Crippen molar-refractivity contribution < 1.29 is 5.11 Å². The Hall–Kier alpha value is -2.53. The van der Waals surface area contributed by atoms with Gasteiger partial charge in [-0.2, -0.15) is 5.26 Å². The van der Waals surface area contributed by atoms with Crippen molar-refractivity contribution in [1.82, 2.24) is 0 Å². The van der Waals surface area contributed by atoms with Gasteiger partial charge in [0.05, 0.1) is 0 Å². The Morgan fingerprint density at radius 2 is 1.71 bits per heavy atom. The molecule has 0 heterocycles. The number of hydrogen-bond donors (Lipinski definition) is 1. The highest BCUT2D eigenvalue weighted by atomic mass is 16.3. The average Bonchev–Trinajstić information content (AvgIpc) is 2.37. The van der Waals surface area contributed by atoms with Crippen LogP contribution in [0.5, 0.6) is 5.75 Å². The summed E-state index contributed by atoms with van der Waals surface area (Å²) in [6.45, 7) is 0. The number of rotatable bonds is 2. The van der Waals surface area contributed by atoms with E-state index in [9.17, 15) is 5.11 Å². The third-order valence-corrected chi connectivity index (χ3v) is 2.44. The van der Waals surface area contributed by atoms with E-state index in [0.717, 1.165) is 11.1 Å². The second-order valence-electron chi connectivity index (χ2n) is 3.60. The van der Waals surface area contributed by atoms with Crippen LogP contribution in [0.2, 0.25) is 0 Å². The predicted molar refractivity (Wildman–Crippen MR) is 68.2 cm³/mol. The molecule has 0 aliphatic rings. The Labute approximate surface area is 100 Å². The Morgan fingerprint density at radius 1 is 0.941 bits per heavy atom. The van der Waals surface area contributed by atoms with Gasteiger partial charge in [-0.25, -0.2) is 0 Å². The zero-order chi connectivity index (χ0) is 12.1. The minimum atomic E-state index is 0.0164. The number of aromatic hydroxyl groups is 1. The van der Waals surface area contributed by atoms with Gasteiger partial charge in [-0.05, 0) is 17.2 Å². The summed E-state index contributed by atoms with van der Waals surface area (Å²) in [4.78, 5) is 0. The zero-order valence-electron chi connectivity index (χ0n) is 9.17. The van der Waals surface area contributed by atoms with Crippen molar-refractivity contribution in [2.75, 3.05) is 0 Å². The molecule has 0 amide bonds. The third kappa shape index (κ3) is 2.53. The Kier molecular flexibility index (Phi) is 3.23. The van der Waals surface area contributed by atoms with E-state index >= 15 is 0 Å². The first-order chi connectivity index (χ1) is 8.31. The Morgan fingerprint density at radius 3 is 2.41 bits per heavy atom. The van der Waals surface area contributed by atoms with Crippen LogP contribution in [-0.4, -0.2) is 5.11 Å². The topological polar surface area (TPSA) is 44.0 Å². The molecule has 82 valence electrons. The fraction of sp³-hybridized carbons (Fsp3) is 0. The molecular formula is C15H11NO. The molecule has 2 nitrogen and oxygen atoms in total. The lowest BCUT2D eigenvalue weighted by atomic mass is 10.1. The van der Waals surface area contributed by atoms with Crippen molar-refractivity contribution in [1.29, 1.82) is 5.26 Å². The quantitative estimate of drug-likeness (QED) is 0.789. The zero-order valence-corrected chi connectivity index (χ0v) is 9.17. The molecule has 0 spiro atoms. The van der Waals surface area contributed by atoms with Crippen LogP contribution in [0.3, 0.4) is 0 Å². The van der Waals surface area contributed by atoms with Crippen LogP contribution in [0, 0.1) is 11.3 Å². The highest BCUT2D eigenvalue weighted by Crippen LogP contribution is 2.21. The molecule has 0 atom stereocenters. The van der Waals surface area contributed by atoms with Crippen molar-refractivity contribution in [2.24, 2.45) is 0 Å². The summed E-state index contributed by atoms with van der Waals surface area (Å²) >= 11 is 0. The molecule has 0 bridgehead atoms. The lowest BCUT2D eigenvalue weighted by Crippen LogP contribution is -1.82. The first-order valence-electron chi connectivity index (χ1n) is 5.26. The summed E-state index contributed by atoms with van der Waals surface area (Å²) < 4.78 is 0. The standard InChI is InChI=1S/C15H11NO/c16-11-14-13(7-4-8-15(14)17)10-9-12-5-2-1-3-6-12/h1-10,17H. The van der Waals surface area contributed by atoms with Crippen LogP contribution in [0.1, 0.15) is 16.7 Å². The fourth-order valence-electron chi connectivity index (χ4n) is 1.57. The van der Waals surface area contributed by atoms with Crippen LogP contribution in [0.25, 0.3) is 12.2 Å². The van der Waals surface area contributed by atoms with E-state index in [-0.39, 0.29) is 5.75 Å². The van der Waals surface area contributed by atoms with Crippen LogP contribution in [0.4, 0.5) is 0 Å². The van der Waals surface area contributed by atoms with Gasteiger partial charge in [0.15, 0.2) is 0 Å². The van der Waals surface area contributed by atoms with Crippen molar-refractivity contribution in [3.8, 4) is 11.8 Å². The molecule has 2 heteroatoms. The SMILES string of the molecule is N#Cc1c(O)cccc1C=Cc1ccccc1.